The van der Waals surface area contributed by atoms with Crippen LogP contribution in [0, 0.1) is 0 Å². The highest BCUT2D eigenvalue weighted by molar-refractivity contribution is 5.37. The van der Waals surface area contributed by atoms with E-state index in [0.717, 1.165) is 31.8 Å². The van der Waals surface area contributed by atoms with Gasteiger partial charge in [-0.25, -0.2) is 0 Å². The first kappa shape index (κ1) is 13.0. The summed E-state index contributed by atoms with van der Waals surface area (Å²) in [5.74, 6) is 0.922. The van der Waals surface area contributed by atoms with Crippen molar-refractivity contribution in [1.82, 2.24) is 0 Å². The summed E-state index contributed by atoms with van der Waals surface area (Å²) in [5.41, 5.74) is 8.03. The number of ether oxygens (including phenoxy) is 2. The van der Waals surface area contributed by atoms with Crippen molar-refractivity contribution < 1.29 is 9.47 Å². The maximum atomic E-state index is 5.58. The summed E-state index contributed by atoms with van der Waals surface area (Å²) < 4.78 is 10.6. The SMILES string of the molecule is CCOCCc1ccc(OC)c(CCN)c1. The molecular weight excluding hydrogens is 202 g/mol. The lowest BCUT2D eigenvalue weighted by Gasteiger charge is -2.10. The van der Waals surface area contributed by atoms with Crippen LogP contribution in [-0.4, -0.2) is 26.9 Å². The third-order valence-electron chi connectivity index (χ3n) is 2.50. The number of methoxy groups -OCH3 is 1. The molecule has 0 heterocycles. The lowest BCUT2D eigenvalue weighted by Crippen LogP contribution is -2.05. The molecule has 0 spiro atoms. The topological polar surface area (TPSA) is 44.5 Å². The molecule has 0 amide bonds. The Kier molecular flexibility index (Phi) is 5.90. The Bertz CT molecular complexity index is 313. The largest absolute Gasteiger partial charge is 0.496 e. The van der Waals surface area contributed by atoms with Crippen LogP contribution in [0.25, 0.3) is 0 Å². The van der Waals surface area contributed by atoms with Gasteiger partial charge in [-0.05, 0) is 43.5 Å². The number of nitrogens with two attached hydrogens (primary N) is 1. The van der Waals surface area contributed by atoms with Crippen LogP contribution in [0.4, 0.5) is 0 Å². The molecule has 16 heavy (non-hydrogen) atoms. The van der Waals surface area contributed by atoms with E-state index in [9.17, 15) is 0 Å². The molecule has 0 atom stereocenters. The summed E-state index contributed by atoms with van der Waals surface area (Å²) >= 11 is 0. The standard InChI is InChI=1S/C13H21NO2/c1-3-16-9-7-11-4-5-13(15-2)12(10-11)6-8-14/h4-5,10H,3,6-9,14H2,1-2H3. The summed E-state index contributed by atoms with van der Waals surface area (Å²) in [6, 6.07) is 6.24. The molecule has 0 aliphatic heterocycles. The zero-order valence-corrected chi connectivity index (χ0v) is 10.2. The van der Waals surface area contributed by atoms with Crippen molar-refractivity contribution in [3.05, 3.63) is 29.3 Å². The van der Waals surface area contributed by atoms with Crippen LogP contribution in [0.3, 0.4) is 0 Å². The summed E-state index contributed by atoms with van der Waals surface area (Å²) in [6.07, 6.45) is 1.79. The third-order valence-corrected chi connectivity index (χ3v) is 2.50. The lowest BCUT2D eigenvalue weighted by atomic mass is 10.0. The Labute approximate surface area is 97.6 Å². The normalized spacial score (nSPS) is 10.4. The fraction of sp³-hybridized carbons (Fsp3) is 0.538. The second kappa shape index (κ2) is 7.25. The lowest BCUT2D eigenvalue weighted by molar-refractivity contribution is 0.151. The van der Waals surface area contributed by atoms with E-state index in [-0.39, 0.29) is 0 Å². The molecule has 0 aliphatic rings. The van der Waals surface area contributed by atoms with Gasteiger partial charge in [-0.1, -0.05) is 12.1 Å². The highest BCUT2D eigenvalue weighted by Gasteiger charge is 2.03. The molecule has 0 bridgehead atoms. The first-order valence-corrected chi connectivity index (χ1v) is 5.75. The van der Waals surface area contributed by atoms with Crippen molar-refractivity contribution in [2.45, 2.75) is 19.8 Å². The van der Waals surface area contributed by atoms with Gasteiger partial charge in [-0.15, -0.1) is 0 Å². The van der Waals surface area contributed by atoms with E-state index >= 15 is 0 Å². The van der Waals surface area contributed by atoms with Crippen molar-refractivity contribution in [3.63, 3.8) is 0 Å². The van der Waals surface area contributed by atoms with E-state index in [1.165, 1.54) is 11.1 Å². The molecule has 0 unspecified atom stereocenters. The van der Waals surface area contributed by atoms with Crippen molar-refractivity contribution in [2.24, 2.45) is 5.73 Å². The molecule has 1 aromatic carbocycles. The van der Waals surface area contributed by atoms with Gasteiger partial charge in [-0.3, -0.25) is 0 Å². The van der Waals surface area contributed by atoms with E-state index < -0.39 is 0 Å². The van der Waals surface area contributed by atoms with Crippen molar-refractivity contribution >= 4 is 0 Å². The van der Waals surface area contributed by atoms with Crippen LogP contribution < -0.4 is 10.5 Å². The molecule has 0 aliphatic carbocycles. The van der Waals surface area contributed by atoms with Gasteiger partial charge in [0.2, 0.25) is 0 Å². The van der Waals surface area contributed by atoms with Crippen molar-refractivity contribution in [2.75, 3.05) is 26.9 Å². The minimum atomic E-state index is 0.644. The quantitative estimate of drug-likeness (QED) is 0.717. The average molecular weight is 223 g/mol. The number of hydrogen-bond donors (Lipinski definition) is 1. The molecule has 0 aromatic heterocycles. The average Bonchev–Trinajstić information content (AvgIpc) is 2.30. The number of benzene rings is 1. The smallest absolute Gasteiger partial charge is 0.122 e. The zero-order valence-electron chi connectivity index (χ0n) is 10.2. The molecule has 1 aromatic rings. The fourth-order valence-corrected chi connectivity index (χ4v) is 1.67. The van der Waals surface area contributed by atoms with Crippen LogP contribution in [0.2, 0.25) is 0 Å². The van der Waals surface area contributed by atoms with Gasteiger partial charge in [-0.2, -0.15) is 0 Å². The maximum Gasteiger partial charge on any atom is 0.122 e. The summed E-state index contributed by atoms with van der Waals surface area (Å²) in [4.78, 5) is 0. The Balaban J connectivity index is 2.68. The molecule has 2 N–H and O–H groups in total. The minimum absolute atomic E-state index is 0.644. The maximum absolute atomic E-state index is 5.58. The fourth-order valence-electron chi connectivity index (χ4n) is 1.67. The number of hydrogen-bond acceptors (Lipinski definition) is 3. The van der Waals surface area contributed by atoms with Crippen LogP contribution in [-0.2, 0) is 17.6 Å². The van der Waals surface area contributed by atoms with Gasteiger partial charge < -0.3 is 15.2 Å². The molecule has 90 valence electrons. The summed E-state index contributed by atoms with van der Waals surface area (Å²) in [7, 11) is 1.69. The second-order valence-corrected chi connectivity index (χ2v) is 3.63. The van der Waals surface area contributed by atoms with Crippen LogP contribution >= 0.6 is 0 Å². The van der Waals surface area contributed by atoms with Crippen LogP contribution in [0.1, 0.15) is 18.1 Å². The molecule has 0 radical (unpaired) electrons. The van der Waals surface area contributed by atoms with Crippen LogP contribution in [0.15, 0.2) is 18.2 Å². The van der Waals surface area contributed by atoms with E-state index in [2.05, 4.69) is 12.1 Å². The molecular formula is C13H21NO2. The van der Waals surface area contributed by atoms with Gasteiger partial charge in [0.1, 0.15) is 5.75 Å². The predicted octanol–water partition coefficient (Wildman–Crippen LogP) is 1.78. The molecule has 0 fully saturated rings. The van der Waals surface area contributed by atoms with Crippen molar-refractivity contribution in [1.29, 1.82) is 0 Å². The highest BCUT2D eigenvalue weighted by atomic mass is 16.5. The Morgan fingerprint density at radius 2 is 2.06 bits per heavy atom. The summed E-state index contributed by atoms with van der Waals surface area (Å²) in [6.45, 7) is 4.19. The monoisotopic (exact) mass is 223 g/mol. The first-order valence-electron chi connectivity index (χ1n) is 5.75. The van der Waals surface area contributed by atoms with Crippen LogP contribution in [0.5, 0.6) is 5.75 Å². The van der Waals surface area contributed by atoms with Gasteiger partial charge in [0, 0.05) is 6.61 Å². The molecule has 1 rings (SSSR count). The molecule has 3 nitrogen and oxygen atoms in total. The molecule has 0 saturated heterocycles. The van der Waals surface area contributed by atoms with Crippen molar-refractivity contribution in [3.8, 4) is 5.75 Å². The third kappa shape index (κ3) is 3.83. The Morgan fingerprint density at radius 1 is 1.25 bits per heavy atom. The first-order chi connectivity index (χ1) is 7.81. The van der Waals surface area contributed by atoms with Gasteiger partial charge in [0.25, 0.3) is 0 Å². The van der Waals surface area contributed by atoms with E-state index in [0.29, 0.717) is 6.54 Å². The number of rotatable bonds is 7. The van der Waals surface area contributed by atoms with E-state index in [1.807, 2.05) is 13.0 Å². The minimum Gasteiger partial charge on any atom is -0.496 e. The predicted molar refractivity (Wildman–Crippen MR) is 65.9 cm³/mol. The highest BCUT2D eigenvalue weighted by Crippen LogP contribution is 2.20. The van der Waals surface area contributed by atoms with E-state index in [1.54, 1.807) is 7.11 Å². The molecule has 3 heteroatoms. The Hall–Kier alpha value is -1.06. The van der Waals surface area contributed by atoms with Gasteiger partial charge >= 0.3 is 0 Å². The summed E-state index contributed by atoms with van der Waals surface area (Å²) in [5, 5.41) is 0. The van der Waals surface area contributed by atoms with E-state index in [4.69, 9.17) is 15.2 Å². The van der Waals surface area contributed by atoms with Gasteiger partial charge in [0.15, 0.2) is 0 Å². The van der Waals surface area contributed by atoms with Gasteiger partial charge in [0.05, 0.1) is 13.7 Å². The second-order valence-electron chi connectivity index (χ2n) is 3.63. The molecule has 0 saturated carbocycles. The Morgan fingerprint density at radius 3 is 2.69 bits per heavy atom. The zero-order chi connectivity index (χ0) is 11.8.